The standard InChI is InChI=1S/C21H25N3O3.C2H6/c1-23-13-14-3-2-4-16(11-14)15-7-9-24(10-8-15)21(27)17-5-6-19(25)18(12-17)20(22)26;1-2/h2-6,11-12,15,23,25H,7-10,13H2,1H3,(H2,22,26);1-2H3. The molecule has 156 valence electrons. The molecule has 1 saturated heterocycles. The fourth-order valence-electron chi connectivity index (χ4n) is 3.63. The normalized spacial score (nSPS) is 14.1. The van der Waals surface area contributed by atoms with Crippen LogP contribution in [0.3, 0.4) is 0 Å². The number of rotatable bonds is 5. The maximum absolute atomic E-state index is 12.8. The fraction of sp³-hybridized carbons (Fsp3) is 0.391. The lowest BCUT2D eigenvalue weighted by Gasteiger charge is -2.32. The molecule has 2 aromatic carbocycles. The topological polar surface area (TPSA) is 95.7 Å². The van der Waals surface area contributed by atoms with Gasteiger partial charge in [-0.25, -0.2) is 0 Å². The number of hydrogen-bond acceptors (Lipinski definition) is 4. The average molecular weight is 398 g/mol. The van der Waals surface area contributed by atoms with Gasteiger partial charge in [0.05, 0.1) is 5.56 Å². The van der Waals surface area contributed by atoms with E-state index in [0.717, 1.165) is 19.4 Å². The number of hydrogen-bond donors (Lipinski definition) is 3. The summed E-state index contributed by atoms with van der Waals surface area (Å²) >= 11 is 0. The van der Waals surface area contributed by atoms with Crippen molar-refractivity contribution in [3.63, 3.8) is 0 Å². The Morgan fingerprint density at radius 2 is 1.83 bits per heavy atom. The van der Waals surface area contributed by atoms with Gasteiger partial charge in [0.2, 0.25) is 0 Å². The van der Waals surface area contributed by atoms with E-state index in [1.807, 2.05) is 20.9 Å². The molecule has 3 rings (SSSR count). The van der Waals surface area contributed by atoms with Crippen LogP contribution in [0.2, 0.25) is 0 Å². The highest BCUT2D eigenvalue weighted by atomic mass is 16.3. The summed E-state index contributed by atoms with van der Waals surface area (Å²) in [5.74, 6) is -0.659. The summed E-state index contributed by atoms with van der Waals surface area (Å²) in [5, 5.41) is 12.9. The van der Waals surface area contributed by atoms with Crippen LogP contribution in [0.5, 0.6) is 5.75 Å². The summed E-state index contributed by atoms with van der Waals surface area (Å²) < 4.78 is 0. The first kappa shape index (κ1) is 22.4. The molecule has 0 spiro atoms. The van der Waals surface area contributed by atoms with Crippen molar-refractivity contribution in [2.45, 2.75) is 39.2 Å². The van der Waals surface area contributed by atoms with Gasteiger partial charge in [0.25, 0.3) is 11.8 Å². The third kappa shape index (κ3) is 5.57. The Labute approximate surface area is 172 Å². The Bertz CT molecular complexity index is 843. The van der Waals surface area contributed by atoms with Crippen molar-refractivity contribution >= 4 is 11.8 Å². The van der Waals surface area contributed by atoms with Gasteiger partial charge in [-0.05, 0) is 55.1 Å². The van der Waals surface area contributed by atoms with Gasteiger partial charge >= 0.3 is 0 Å². The van der Waals surface area contributed by atoms with E-state index in [0.29, 0.717) is 24.6 Å². The smallest absolute Gasteiger partial charge is 0.253 e. The third-order valence-corrected chi connectivity index (χ3v) is 5.09. The predicted octanol–water partition coefficient (Wildman–Crippen LogP) is 3.26. The van der Waals surface area contributed by atoms with Crippen LogP contribution >= 0.6 is 0 Å². The van der Waals surface area contributed by atoms with Gasteiger partial charge in [0, 0.05) is 25.2 Å². The molecule has 0 unspecified atom stereocenters. The number of carbonyl (C=O) groups is 2. The summed E-state index contributed by atoms with van der Waals surface area (Å²) in [6, 6.07) is 12.8. The van der Waals surface area contributed by atoms with Crippen LogP contribution < -0.4 is 11.1 Å². The van der Waals surface area contributed by atoms with Crippen molar-refractivity contribution in [3.05, 3.63) is 64.7 Å². The Balaban J connectivity index is 0.00000145. The molecule has 1 heterocycles. The van der Waals surface area contributed by atoms with E-state index in [9.17, 15) is 14.7 Å². The van der Waals surface area contributed by atoms with Gasteiger partial charge in [-0.3, -0.25) is 9.59 Å². The zero-order valence-corrected chi connectivity index (χ0v) is 17.4. The van der Waals surface area contributed by atoms with E-state index < -0.39 is 5.91 Å². The number of amides is 2. The van der Waals surface area contributed by atoms with Crippen molar-refractivity contribution in [2.24, 2.45) is 5.73 Å². The number of phenols is 1. The number of likely N-dealkylation sites (tertiary alicyclic amines) is 1. The van der Waals surface area contributed by atoms with Crippen LogP contribution in [0.25, 0.3) is 0 Å². The molecule has 4 N–H and O–H groups in total. The number of nitrogens with two attached hydrogens (primary N) is 1. The lowest BCUT2D eigenvalue weighted by atomic mass is 9.88. The molecule has 0 aromatic heterocycles. The summed E-state index contributed by atoms with van der Waals surface area (Å²) in [7, 11) is 1.93. The highest BCUT2D eigenvalue weighted by Crippen LogP contribution is 2.29. The molecule has 1 aliphatic rings. The SMILES string of the molecule is CC.CNCc1cccc(C2CCN(C(=O)c3ccc(O)c(C(N)=O)c3)CC2)c1. The zero-order valence-electron chi connectivity index (χ0n) is 17.4. The lowest BCUT2D eigenvalue weighted by Crippen LogP contribution is -2.38. The van der Waals surface area contributed by atoms with Crippen LogP contribution in [0.1, 0.15) is 64.4 Å². The van der Waals surface area contributed by atoms with E-state index in [2.05, 4.69) is 29.6 Å². The van der Waals surface area contributed by atoms with Crippen molar-refractivity contribution in [2.75, 3.05) is 20.1 Å². The number of aromatic hydroxyl groups is 1. The Morgan fingerprint density at radius 1 is 1.14 bits per heavy atom. The maximum atomic E-state index is 12.8. The molecule has 0 saturated carbocycles. The largest absolute Gasteiger partial charge is 0.507 e. The molecular weight excluding hydrogens is 366 g/mol. The molecule has 0 atom stereocenters. The second kappa shape index (κ2) is 10.6. The summed E-state index contributed by atoms with van der Waals surface area (Å²) in [5.41, 5.74) is 8.17. The van der Waals surface area contributed by atoms with Gasteiger partial charge in [-0.15, -0.1) is 0 Å². The third-order valence-electron chi connectivity index (χ3n) is 5.09. The van der Waals surface area contributed by atoms with Crippen LogP contribution in [0.4, 0.5) is 0 Å². The van der Waals surface area contributed by atoms with Crippen molar-refractivity contribution in [3.8, 4) is 5.75 Å². The second-order valence-corrected chi connectivity index (χ2v) is 6.94. The Hall–Kier alpha value is -2.86. The summed E-state index contributed by atoms with van der Waals surface area (Å²) in [4.78, 5) is 25.9. The fourth-order valence-corrected chi connectivity index (χ4v) is 3.63. The first-order valence-electron chi connectivity index (χ1n) is 10.1. The highest BCUT2D eigenvalue weighted by molar-refractivity contribution is 6.00. The maximum Gasteiger partial charge on any atom is 0.253 e. The number of piperidine rings is 1. The monoisotopic (exact) mass is 397 g/mol. The number of carbonyl (C=O) groups excluding carboxylic acids is 2. The predicted molar refractivity (Wildman–Crippen MR) is 115 cm³/mol. The van der Waals surface area contributed by atoms with E-state index in [1.165, 1.54) is 29.3 Å². The van der Waals surface area contributed by atoms with Crippen LogP contribution in [-0.2, 0) is 6.54 Å². The molecule has 0 radical (unpaired) electrons. The molecule has 2 amide bonds. The quantitative estimate of drug-likeness (QED) is 0.722. The number of nitrogens with one attached hydrogen (secondary N) is 1. The number of nitrogens with zero attached hydrogens (tertiary/aromatic N) is 1. The summed E-state index contributed by atoms with van der Waals surface area (Å²) in [6.45, 7) is 6.16. The van der Waals surface area contributed by atoms with Gasteiger partial charge in [0.15, 0.2) is 0 Å². The average Bonchev–Trinajstić information content (AvgIpc) is 2.75. The molecule has 6 heteroatoms. The second-order valence-electron chi connectivity index (χ2n) is 6.94. The van der Waals surface area contributed by atoms with Gasteiger partial charge in [0.1, 0.15) is 5.75 Å². The molecule has 2 aromatic rings. The van der Waals surface area contributed by atoms with Crippen LogP contribution in [0, 0.1) is 0 Å². The molecule has 1 aliphatic heterocycles. The van der Waals surface area contributed by atoms with E-state index in [1.54, 1.807) is 4.90 Å². The number of benzene rings is 2. The molecule has 29 heavy (non-hydrogen) atoms. The minimum Gasteiger partial charge on any atom is -0.507 e. The zero-order chi connectivity index (χ0) is 21.4. The van der Waals surface area contributed by atoms with Crippen molar-refractivity contribution in [1.29, 1.82) is 0 Å². The highest BCUT2D eigenvalue weighted by Gasteiger charge is 2.25. The first-order valence-corrected chi connectivity index (χ1v) is 10.1. The molecule has 0 aliphatic carbocycles. The van der Waals surface area contributed by atoms with E-state index in [-0.39, 0.29) is 17.2 Å². The minimum atomic E-state index is -0.748. The van der Waals surface area contributed by atoms with Crippen molar-refractivity contribution < 1.29 is 14.7 Å². The van der Waals surface area contributed by atoms with Gasteiger partial charge in [-0.1, -0.05) is 38.1 Å². The molecule has 1 fully saturated rings. The summed E-state index contributed by atoms with van der Waals surface area (Å²) in [6.07, 6.45) is 1.80. The molecule has 0 bridgehead atoms. The minimum absolute atomic E-state index is 0.0305. The Morgan fingerprint density at radius 3 is 2.45 bits per heavy atom. The Kier molecular flexibility index (Phi) is 8.21. The van der Waals surface area contributed by atoms with Crippen LogP contribution in [-0.4, -0.2) is 42.0 Å². The van der Waals surface area contributed by atoms with E-state index in [4.69, 9.17) is 5.73 Å². The molecule has 6 nitrogen and oxygen atoms in total. The van der Waals surface area contributed by atoms with Crippen molar-refractivity contribution in [1.82, 2.24) is 10.2 Å². The van der Waals surface area contributed by atoms with Crippen LogP contribution in [0.15, 0.2) is 42.5 Å². The van der Waals surface area contributed by atoms with Gasteiger partial charge < -0.3 is 21.1 Å². The molecular formula is C23H31N3O3. The first-order chi connectivity index (χ1) is 14.0. The lowest BCUT2D eigenvalue weighted by molar-refractivity contribution is 0.0713. The number of primary amides is 1. The van der Waals surface area contributed by atoms with Gasteiger partial charge in [-0.2, -0.15) is 0 Å². The van der Waals surface area contributed by atoms with E-state index >= 15 is 0 Å².